The Hall–Kier alpha value is -3.03. The summed E-state index contributed by atoms with van der Waals surface area (Å²) >= 11 is 11.9. The molecule has 4 rings (SSSR count). The molecule has 1 aliphatic rings. The minimum atomic E-state index is -0.741. The van der Waals surface area contributed by atoms with Crippen LogP contribution in [0.3, 0.4) is 0 Å². The van der Waals surface area contributed by atoms with Crippen molar-refractivity contribution >= 4 is 46.5 Å². The first kappa shape index (κ1) is 21.2. The van der Waals surface area contributed by atoms with Gasteiger partial charge in [-0.15, -0.1) is 0 Å². The molecule has 1 unspecified atom stereocenters. The molecule has 3 aromatic rings. The molecule has 0 saturated carbocycles. The third kappa shape index (κ3) is 4.11. The van der Waals surface area contributed by atoms with Gasteiger partial charge in [-0.1, -0.05) is 42.3 Å². The first-order chi connectivity index (χ1) is 14.9. The van der Waals surface area contributed by atoms with Gasteiger partial charge in [0, 0.05) is 11.3 Å². The minimum absolute atomic E-state index is 0.0635. The van der Waals surface area contributed by atoms with Gasteiger partial charge in [-0.2, -0.15) is 5.10 Å². The van der Waals surface area contributed by atoms with Gasteiger partial charge in [-0.25, -0.2) is 4.68 Å². The largest absolute Gasteiger partial charge is 0.497 e. The lowest BCUT2D eigenvalue weighted by atomic mass is 10.0. The Morgan fingerprint density at radius 3 is 2.58 bits per heavy atom. The van der Waals surface area contributed by atoms with Crippen molar-refractivity contribution in [2.75, 3.05) is 17.7 Å². The summed E-state index contributed by atoms with van der Waals surface area (Å²) in [6.45, 7) is 2.00. The highest BCUT2D eigenvalue weighted by Gasteiger charge is 2.36. The molecule has 2 aromatic carbocycles. The second-order valence-corrected chi connectivity index (χ2v) is 7.90. The Morgan fingerprint density at radius 1 is 1.19 bits per heavy atom. The lowest BCUT2D eigenvalue weighted by Gasteiger charge is -2.10. The van der Waals surface area contributed by atoms with E-state index in [0.29, 0.717) is 28.0 Å². The molecule has 160 valence electrons. The molecule has 31 heavy (non-hydrogen) atoms. The van der Waals surface area contributed by atoms with Gasteiger partial charge in [0.05, 0.1) is 29.3 Å². The van der Waals surface area contributed by atoms with Crippen molar-refractivity contribution in [3.05, 3.63) is 58.2 Å². The number of rotatable bonds is 6. The molecule has 0 aliphatic carbocycles. The SMILES string of the molecule is CCc1nn2c(c1-c1ccc(OC)cc1)NC(=O)C2CC(=O)Nc1ccc(Cl)c(Cl)c1. The van der Waals surface area contributed by atoms with Crippen molar-refractivity contribution < 1.29 is 14.3 Å². The van der Waals surface area contributed by atoms with E-state index >= 15 is 0 Å². The predicted octanol–water partition coefficient (Wildman–Crippen LogP) is 4.95. The third-order valence-electron chi connectivity index (χ3n) is 5.12. The molecule has 9 heteroatoms. The van der Waals surface area contributed by atoms with E-state index in [1.54, 1.807) is 30.0 Å². The van der Waals surface area contributed by atoms with Crippen LogP contribution in [0.25, 0.3) is 11.1 Å². The van der Waals surface area contributed by atoms with Crippen LogP contribution in [0.15, 0.2) is 42.5 Å². The van der Waals surface area contributed by atoms with Gasteiger partial charge >= 0.3 is 0 Å². The van der Waals surface area contributed by atoms with Gasteiger partial charge in [-0.3, -0.25) is 9.59 Å². The molecule has 1 aliphatic heterocycles. The van der Waals surface area contributed by atoms with E-state index in [1.165, 1.54) is 0 Å². The highest BCUT2D eigenvalue weighted by molar-refractivity contribution is 6.42. The fourth-order valence-corrected chi connectivity index (χ4v) is 3.88. The lowest BCUT2D eigenvalue weighted by molar-refractivity contribution is -0.123. The van der Waals surface area contributed by atoms with E-state index in [0.717, 1.165) is 22.6 Å². The fraction of sp³-hybridized carbons (Fsp3) is 0.227. The molecular formula is C22H20Cl2N4O3. The molecular weight excluding hydrogens is 439 g/mol. The maximum atomic E-state index is 12.7. The predicted molar refractivity (Wildman–Crippen MR) is 121 cm³/mol. The zero-order valence-corrected chi connectivity index (χ0v) is 18.4. The molecule has 2 amide bonds. The van der Waals surface area contributed by atoms with Gasteiger partial charge < -0.3 is 15.4 Å². The fourth-order valence-electron chi connectivity index (χ4n) is 3.59. The van der Waals surface area contributed by atoms with E-state index in [1.807, 2.05) is 31.2 Å². The van der Waals surface area contributed by atoms with Crippen LogP contribution in [-0.2, 0) is 16.0 Å². The second kappa shape index (κ2) is 8.61. The zero-order chi connectivity index (χ0) is 22.1. The maximum Gasteiger partial charge on any atom is 0.251 e. The van der Waals surface area contributed by atoms with E-state index in [2.05, 4.69) is 15.7 Å². The summed E-state index contributed by atoms with van der Waals surface area (Å²) in [5, 5.41) is 11.0. The van der Waals surface area contributed by atoms with Crippen molar-refractivity contribution in [3.8, 4) is 16.9 Å². The quantitative estimate of drug-likeness (QED) is 0.546. The van der Waals surface area contributed by atoms with E-state index < -0.39 is 6.04 Å². The number of benzene rings is 2. The van der Waals surface area contributed by atoms with Crippen molar-refractivity contribution in [1.29, 1.82) is 0 Å². The summed E-state index contributed by atoms with van der Waals surface area (Å²) in [6.07, 6.45) is 0.616. The number of nitrogens with one attached hydrogen (secondary N) is 2. The minimum Gasteiger partial charge on any atom is -0.497 e. The van der Waals surface area contributed by atoms with Gasteiger partial charge in [0.2, 0.25) is 5.91 Å². The highest BCUT2D eigenvalue weighted by atomic mass is 35.5. The number of anilines is 2. The van der Waals surface area contributed by atoms with Crippen molar-refractivity contribution in [1.82, 2.24) is 9.78 Å². The topological polar surface area (TPSA) is 85.2 Å². The Kier molecular flexibility index (Phi) is 5.89. The Labute approximate surface area is 189 Å². The average Bonchev–Trinajstić information content (AvgIpc) is 3.26. The summed E-state index contributed by atoms with van der Waals surface area (Å²) in [7, 11) is 1.61. The smallest absolute Gasteiger partial charge is 0.251 e. The number of carbonyl (C=O) groups excluding carboxylic acids is 2. The maximum absolute atomic E-state index is 12.7. The molecule has 0 fully saturated rings. The monoisotopic (exact) mass is 458 g/mol. The van der Waals surface area contributed by atoms with E-state index in [4.69, 9.17) is 27.9 Å². The van der Waals surface area contributed by atoms with Gasteiger partial charge in [-0.05, 0) is 42.3 Å². The molecule has 7 nitrogen and oxygen atoms in total. The number of aromatic nitrogens is 2. The number of nitrogens with zero attached hydrogens (tertiary/aromatic N) is 2. The van der Waals surface area contributed by atoms with Crippen LogP contribution in [0.5, 0.6) is 5.75 Å². The highest BCUT2D eigenvalue weighted by Crippen LogP contribution is 2.39. The van der Waals surface area contributed by atoms with Crippen LogP contribution in [0, 0.1) is 0 Å². The molecule has 2 heterocycles. The van der Waals surface area contributed by atoms with Crippen LogP contribution < -0.4 is 15.4 Å². The summed E-state index contributed by atoms with van der Waals surface area (Å²) in [4.78, 5) is 25.3. The standard InChI is InChI=1S/C22H20Cl2N4O3/c1-3-17-20(12-4-7-14(31-2)8-5-12)21-26-22(30)18(28(21)27-17)11-19(29)25-13-6-9-15(23)16(24)10-13/h4-10,18H,3,11H2,1-2H3,(H,25,29)(H,26,30). The van der Waals surface area contributed by atoms with Crippen molar-refractivity contribution in [2.45, 2.75) is 25.8 Å². The molecule has 1 aromatic heterocycles. The van der Waals surface area contributed by atoms with Crippen LogP contribution >= 0.6 is 23.2 Å². The average molecular weight is 459 g/mol. The van der Waals surface area contributed by atoms with Gasteiger partial charge in [0.25, 0.3) is 5.91 Å². The van der Waals surface area contributed by atoms with Crippen LogP contribution in [0.4, 0.5) is 11.5 Å². The number of fused-ring (bicyclic) bond motifs is 1. The lowest BCUT2D eigenvalue weighted by Crippen LogP contribution is -2.24. The first-order valence-corrected chi connectivity index (χ1v) is 10.5. The number of carbonyl (C=O) groups is 2. The molecule has 0 radical (unpaired) electrons. The Morgan fingerprint density at radius 2 is 1.94 bits per heavy atom. The van der Waals surface area contributed by atoms with Gasteiger partial charge in [0.15, 0.2) is 0 Å². The van der Waals surface area contributed by atoms with Crippen LogP contribution in [-0.4, -0.2) is 28.7 Å². The number of hydrogen-bond donors (Lipinski definition) is 2. The van der Waals surface area contributed by atoms with Crippen molar-refractivity contribution in [2.24, 2.45) is 0 Å². The normalized spacial score (nSPS) is 14.8. The molecule has 0 spiro atoms. The number of ether oxygens (including phenoxy) is 1. The Balaban J connectivity index is 1.59. The molecule has 0 bridgehead atoms. The van der Waals surface area contributed by atoms with Gasteiger partial charge in [0.1, 0.15) is 17.6 Å². The van der Waals surface area contributed by atoms with Crippen LogP contribution in [0.2, 0.25) is 10.0 Å². The van der Waals surface area contributed by atoms with Crippen molar-refractivity contribution in [3.63, 3.8) is 0 Å². The number of methoxy groups -OCH3 is 1. The number of hydrogen-bond acceptors (Lipinski definition) is 4. The van der Waals surface area contributed by atoms with Crippen LogP contribution in [0.1, 0.15) is 25.1 Å². The third-order valence-corrected chi connectivity index (χ3v) is 5.86. The second-order valence-electron chi connectivity index (χ2n) is 7.08. The zero-order valence-electron chi connectivity index (χ0n) is 16.9. The molecule has 0 saturated heterocycles. The summed E-state index contributed by atoms with van der Waals surface area (Å²) in [5.41, 5.74) is 3.12. The van der Waals surface area contributed by atoms with E-state index in [9.17, 15) is 9.59 Å². The summed E-state index contributed by atoms with van der Waals surface area (Å²) in [5.74, 6) is 0.737. The van der Waals surface area contributed by atoms with E-state index in [-0.39, 0.29) is 18.2 Å². The number of halogens is 2. The summed E-state index contributed by atoms with van der Waals surface area (Å²) in [6, 6.07) is 11.6. The Bertz CT molecular complexity index is 1160. The number of amides is 2. The number of aryl methyl sites for hydroxylation is 1. The first-order valence-electron chi connectivity index (χ1n) is 9.72. The summed E-state index contributed by atoms with van der Waals surface area (Å²) < 4.78 is 6.83. The molecule has 1 atom stereocenters. The molecule has 2 N–H and O–H groups in total.